The van der Waals surface area contributed by atoms with E-state index in [0.29, 0.717) is 24.8 Å². The lowest BCUT2D eigenvalue weighted by molar-refractivity contribution is 0.0440. The molecule has 1 saturated heterocycles. The number of aliphatic hydroxyl groups excluding tert-OH is 1. The van der Waals surface area contributed by atoms with Crippen molar-refractivity contribution in [3.05, 3.63) is 53.6 Å². The quantitative estimate of drug-likeness (QED) is 0.547. The molecule has 9 heteroatoms. The number of ether oxygens (including phenoxy) is 4. The van der Waals surface area contributed by atoms with E-state index in [1.807, 2.05) is 43.3 Å². The van der Waals surface area contributed by atoms with E-state index in [-0.39, 0.29) is 31.4 Å². The van der Waals surface area contributed by atoms with E-state index >= 15 is 0 Å². The van der Waals surface area contributed by atoms with Gasteiger partial charge in [-0.1, -0.05) is 24.3 Å². The van der Waals surface area contributed by atoms with E-state index in [4.69, 9.17) is 18.9 Å². The molecule has 34 heavy (non-hydrogen) atoms. The summed E-state index contributed by atoms with van der Waals surface area (Å²) in [6.07, 6.45) is 3.43. The molecule has 188 valence electrons. The molecule has 0 aliphatic carbocycles. The summed E-state index contributed by atoms with van der Waals surface area (Å²) in [7, 11) is 1.63. The second kappa shape index (κ2) is 13.7. The van der Waals surface area contributed by atoms with Crippen molar-refractivity contribution in [2.75, 3.05) is 53.2 Å². The molecule has 4 rings (SSSR count). The van der Waals surface area contributed by atoms with Crippen molar-refractivity contribution in [2.45, 2.75) is 19.6 Å². The average Bonchev–Trinajstić information content (AvgIpc) is 3.27. The number of hydrogen-bond acceptors (Lipinski definition) is 7. The van der Waals surface area contributed by atoms with Gasteiger partial charge >= 0.3 is 0 Å². The highest BCUT2D eigenvalue weighted by Crippen LogP contribution is 2.33. The molecule has 1 fully saturated rings. The lowest BCUT2D eigenvalue weighted by Gasteiger charge is -2.35. The van der Waals surface area contributed by atoms with Crippen molar-refractivity contribution in [2.24, 2.45) is 0 Å². The lowest BCUT2D eigenvalue weighted by atomic mass is 10.1. The molecule has 0 amide bonds. The minimum Gasteiger partial charge on any atom is -0.493 e. The Morgan fingerprint density at radius 1 is 0.971 bits per heavy atom. The van der Waals surface area contributed by atoms with Crippen molar-refractivity contribution in [1.82, 2.24) is 9.80 Å². The molecule has 7 nitrogen and oxygen atoms in total. The van der Waals surface area contributed by atoms with E-state index in [2.05, 4.69) is 21.9 Å². The van der Waals surface area contributed by atoms with Gasteiger partial charge in [0.1, 0.15) is 12.7 Å². The number of methoxy groups -OCH3 is 1. The molecule has 1 N–H and O–H groups in total. The number of fused-ring (bicyclic) bond motifs is 1. The first-order valence-corrected chi connectivity index (χ1v) is 11.1. The maximum absolute atomic E-state index is 10.5. The lowest BCUT2D eigenvalue weighted by Crippen LogP contribution is -2.48. The fourth-order valence-electron chi connectivity index (χ4n) is 4.06. The van der Waals surface area contributed by atoms with Gasteiger partial charge in [-0.3, -0.25) is 9.80 Å². The van der Waals surface area contributed by atoms with E-state index in [0.717, 1.165) is 49.8 Å². The molecule has 2 aliphatic heterocycles. The Bertz CT molecular complexity index is 936. The zero-order valence-electron chi connectivity index (χ0n) is 19.6. The predicted molar refractivity (Wildman–Crippen MR) is 138 cm³/mol. The van der Waals surface area contributed by atoms with Crippen LogP contribution in [0.1, 0.15) is 18.1 Å². The van der Waals surface area contributed by atoms with Crippen LogP contribution in [0, 0.1) is 0 Å². The number of β-amino-alcohol motifs (C(OH)–C–C–N with tert-alkyl or cyclic N) is 1. The second-order valence-corrected chi connectivity index (χ2v) is 8.14. The van der Waals surface area contributed by atoms with Crippen LogP contribution >= 0.6 is 24.8 Å². The van der Waals surface area contributed by atoms with E-state index in [1.54, 1.807) is 7.11 Å². The second-order valence-electron chi connectivity index (χ2n) is 8.14. The molecule has 2 aromatic carbocycles. The molecule has 2 aromatic rings. The summed E-state index contributed by atoms with van der Waals surface area (Å²) in [5.74, 6) is 2.97. The number of benzene rings is 2. The van der Waals surface area contributed by atoms with Gasteiger partial charge in [0.25, 0.3) is 0 Å². The highest BCUT2D eigenvalue weighted by Gasteiger charge is 2.21. The summed E-state index contributed by atoms with van der Waals surface area (Å²) in [5, 5.41) is 10.5. The summed E-state index contributed by atoms with van der Waals surface area (Å²) < 4.78 is 22.1. The van der Waals surface area contributed by atoms with Crippen LogP contribution < -0.4 is 18.9 Å². The Labute approximate surface area is 214 Å². The first-order chi connectivity index (χ1) is 15.6. The Morgan fingerprint density at radius 2 is 1.71 bits per heavy atom. The topological polar surface area (TPSA) is 63.6 Å². The molecule has 0 aromatic heterocycles. The number of halogens is 2. The maximum atomic E-state index is 10.5. The monoisotopic (exact) mass is 512 g/mol. The number of rotatable bonds is 9. The largest absolute Gasteiger partial charge is 0.493 e. The summed E-state index contributed by atoms with van der Waals surface area (Å²) >= 11 is 0. The van der Waals surface area contributed by atoms with Crippen LogP contribution in [-0.4, -0.2) is 74.2 Å². The van der Waals surface area contributed by atoms with Gasteiger partial charge < -0.3 is 24.1 Å². The molecule has 2 heterocycles. The Hall–Kier alpha value is -2.16. The van der Waals surface area contributed by atoms with Gasteiger partial charge in [0, 0.05) is 39.3 Å². The van der Waals surface area contributed by atoms with E-state index in [9.17, 15) is 5.11 Å². The summed E-state index contributed by atoms with van der Waals surface area (Å²) in [6.45, 7) is 7.76. The van der Waals surface area contributed by atoms with Gasteiger partial charge in [-0.15, -0.1) is 24.8 Å². The third-order valence-electron chi connectivity index (χ3n) is 5.76. The minimum absolute atomic E-state index is 0. The molecular formula is C25H34Cl2N2O5. The third kappa shape index (κ3) is 7.42. The highest BCUT2D eigenvalue weighted by atomic mass is 35.5. The highest BCUT2D eigenvalue weighted by molar-refractivity contribution is 5.85. The zero-order valence-corrected chi connectivity index (χ0v) is 21.3. The van der Waals surface area contributed by atoms with Crippen molar-refractivity contribution in [3.63, 3.8) is 0 Å². The fraction of sp³-hybridized carbons (Fsp3) is 0.440. The van der Waals surface area contributed by atoms with E-state index in [1.165, 1.54) is 5.56 Å². The summed E-state index contributed by atoms with van der Waals surface area (Å²) in [4.78, 5) is 4.71. The number of aliphatic hydroxyl groups is 1. The smallest absolute Gasteiger partial charge is 0.231 e. The molecular weight excluding hydrogens is 479 g/mol. The Morgan fingerprint density at radius 3 is 2.44 bits per heavy atom. The van der Waals surface area contributed by atoms with Crippen molar-refractivity contribution >= 4 is 30.9 Å². The standard InChI is InChI=1S/C25H32N2O5.2ClH/c1-3-4-19-5-7-22(24(13-19)29-2)30-17-21(28)16-27-11-9-26(10-12-27)15-20-6-8-23-25(14-20)32-18-31-23;;/h3-8,13-14,21,28H,9-12,15-18H2,1-2H3;2*1H/b4-3+;;. The van der Waals surface area contributed by atoms with Crippen LogP contribution in [0.5, 0.6) is 23.0 Å². The Balaban J connectivity index is 0.00000204. The third-order valence-corrected chi connectivity index (χ3v) is 5.76. The van der Waals surface area contributed by atoms with Gasteiger partial charge in [0.05, 0.1) is 7.11 Å². The number of piperazine rings is 1. The Kier molecular flexibility index (Phi) is 11.3. The first kappa shape index (κ1) is 28.1. The van der Waals surface area contributed by atoms with Gasteiger partial charge in [-0.25, -0.2) is 0 Å². The van der Waals surface area contributed by atoms with Crippen LogP contribution in [0.15, 0.2) is 42.5 Å². The van der Waals surface area contributed by atoms with Crippen molar-refractivity contribution in [1.29, 1.82) is 0 Å². The van der Waals surface area contributed by atoms with Gasteiger partial charge in [0.2, 0.25) is 6.79 Å². The fourth-order valence-corrected chi connectivity index (χ4v) is 4.06. The molecule has 1 atom stereocenters. The predicted octanol–water partition coefficient (Wildman–Crippen LogP) is 3.86. The van der Waals surface area contributed by atoms with Crippen LogP contribution in [0.25, 0.3) is 6.08 Å². The summed E-state index contributed by atoms with van der Waals surface area (Å²) in [6, 6.07) is 11.9. The zero-order chi connectivity index (χ0) is 22.3. The van der Waals surface area contributed by atoms with Crippen molar-refractivity contribution in [3.8, 4) is 23.0 Å². The maximum Gasteiger partial charge on any atom is 0.231 e. The van der Waals surface area contributed by atoms with Crippen LogP contribution in [0.4, 0.5) is 0 Å². The first-order valence-electron chi connectivity index (χ1n) is 11.1. The molecule has 0 radical (unpaired) electrons. The van der Waals surface area contributed by atoms with Crippen LogP contribution in [0.2, 0.25) is 0 Å². The number of nitrogens with zero attached hydrogens (tertiary/aromatic N) is 2. The van der Waals surface area contributed by atoms with Crippen molar-refractivity contribution < 1.29 is 24.1 Å². The molecule has 0 saturated carbocycles. The van der Waals surface area contributed by atoms with Gasteiger partial charge in [0.15, 0.2) is 23.0 Å². The normalized spacial score (nSPS) is 16.6. The molecule has 0 spiro atoms. The SMILES string of the molecule is C/C=C/c1ccc(OCC(O)CN2CCN(Cc3ccc4c(c3)OCO4)CC2)c(OC)c1.Cl.Cl. The van der Waals surface area contributed by atoms with Crippen LogP contribution in [-0.2, 0) is 6.54 Å². The molecule has 2 aliphatic rings. The van der Waals surface area contributed by atoms with Gasteiger partial charge in [-0.05, 0) is 42.3 Å². The molecule has 0 bridgehead atoms. The number of hydrogen-bond donors (Lipinski definition) is 1. The summed E-state index contributed by atoms with van der Waals surface area (Å²) in [5.41, 5.74) is 2.28. The molecule has 1 unspecified atom stereocenters. The minimum atomic E-state index is -0.560. The van der Waals surface area contributed by atoms with Gasteiger partial charge in [-0.2, -0.15) is 0 Å². The van der Waals surface area contributed by atoms with Crippen LogP contribution in [0.3, 0.4) is 0 Å². The average molecular weight is 513 g/mol. The number of allylic oxidation sites excluding steroid dienone is 1. The van der Waals surface area contributed by atoms with E-state index < -0.39 is 6.10 Å².